The average Bonchev–Trinajstić information content (AvgIpc) is 2.58. The largest absolute Gasteiger partial charge is 0.368 e. The van der Waals surface area contributed by atoms with Crippen molar-refractivity contribution in [3.63, 3.8) is 0 Å². The van der Waals surface area contributed by atoms with Crippen molar-refractivity contribution in [2.24, 2.45) is 0 Å². The summed E-state index contributed by atoms with van der Waals surface area (Å²) < 4.78 is 14.0. The Balaban J connectivity index is 1.57. The Labute approximate surface area is 143 Å². The van der Waals surface area contributed by atoms with Crippen LogP contribution in [0.15, 0.2) is 53.0 Å². The fourth-order valence-corrected chi connectivity index (χ4v) is 3.21. The maximum Gasteiger partial charge on any atom is 0.227 e. The van der Waals surface area contributed by atoms with Crippen LogP contribution in [0.4, 0.5) is 10.1 Å². The molecule has 5 heteroatoms. The first-order valence-corrected chi connectivity index (χ1v) is 8.44. The summed E-state index contributed by atoms with van der Waals surface area (Å²) in [7, 11) is 0. The summed E-state index contributed by atoms with van der Waals surface area (Å²) in [5, 5.41) is 0. The molecule has 0 spiro atoms. The second-order valence-electron chi connectivity index (χ2n) is 5.61. The van der Waals surface area contributed by atoms with Crippen LogP contribution in [0.2, 0.25) is 0 Å². The summed E-state index contributed by atoms with van der Waals surface area (Å²) in [4.78, 5) is 16.5. The van der Waals surface area contributed by atoms with Crippen molar-refractivity contribution >= 4 is 27.5 Å². The highest BCUT2D eigenvalue weighted by atomic mass is 79.9. The van der Waals surface area contributed by atoms with E-state index >= 15 is 0 Å². The van der Waals surface area contributed by atoms with Gasteiger partial charge in [-0.15, -0.1) is 0 Å². The van der Waals surface area contributed by atoms with E-state index in [1.54, 1.807) is 12.1 Å². The SMILES string of the molecule is O=C(Cc1ccccc1Br)N1CCN(c2ccc(F)cc2)CC1. The van der Waals surface area contributed by atoms with Gasteiger partial charge in [-0.1, -0.05) is 34.1 Å². The van der Waals surface area contributed by atoms with E-state index < -0.39 is 0 Å². The van der Waals surface area contributed by atoms with Gasteiger partial charge < -0.3 is 9.80 Å². The molecule has 23 heavy (non-hydrogen) atoms. The van der Waals surface area contributed by atoms with Crippen LogP contribution in [0.5, 0.6) is 0 Å². The Hall–Kier alpha value is -1.88. The minimum atomic E-state index is -0.226. The van der Waals surface area contributed by atoms with Crippen molar-refractivity contribution in [3.8, 4) is 0 Å². The first-order chi connectivity index (χ1) is 11.1. The lowest BCUT2D eigenvalue weighted by Crippen LogP contribution is -2.49. The predicted molar refractivity (Wildman–Crippen MR) is 93.0 cm³/mol. The standard InChI is InChI=1S/C18H18BrFN2O/c19-17-4-2-1-3-14(17)13-18(23)22-11-9-21(10-12-22)16-7-5-15(20)6-8-16/h1-8H,9-13H2. The molecule has 3 rings (SSSR count). The lowest BCUT2D eigenvalue weighted by atomic mass is 10.1. The molecular weight excluding hydrogens is 359 g/mol. The molecule has 0 bridgehead atoms. The first-order valence-electron chi connectivity index (χ1n) is 7.65. The molecule has 120 valence electrons. The third-order valence-electron chi connectivity index (χ3n) is 4.12. The molecule has 2 aromatic rings. The van der Waals surface area contributed by atoms with Gasteiger partial charge >= 0.3 is 0 Å². The van der Waals surface area contributed by atoms with E-state index in [0.717, 1.165) is 28.8 Å². The van der Waals surface area contributed by atoms with Crippen molar-refractivity contribution in [1.82, 2.24) is 4.90 Å². The third kappa shape index (κ3) is 3.91. The summed E-state index contributed by atoms with van der Waals surface area (Å²) in [5.74, 6) is -0.0772. The number of hydrogen-bond acceptors (Lipinski definition) is 2. The highest BCUT2D eigenvalue weighted by Crippen LogP contribution is 2.19. The fourth-order valence-electron chi connectivity index (χ4n) is 2.78. The van der Waals surface area contributed by atoms with Crippen LogP contribution in [0.3, 0.4) is 0 Å². The van der Waals surface area contributed by atoms with Crippen LogP contribution in [-0.2, 0) is 11.2 Å². The van der Waals surface area contributed by atoms with E-state index in [4.69, 9.17) is 0 Å². The maximum atomic E-state index is 13.0. The lowest BCUT2D eigenvalue weighted by molar-refractivity contribution is -0.130. The Morgan fingerprint density at radius 2 is 1.65 bits per heavy atom. The number of benzene rings is 2. The second-order valence-corrected chi connectivity index (χ2v) is 6.47. The third-order valence-corrected chi connectivity index (χ3v) is 4.90. The van der Waals surface area contributed by atoms with Crippen molar-refractivity contribution in [1.29, 1.82) is 0 Å². The number of hydrogen-bond donors (Lipinski definition) is 0. The Morgan fingerprint density at radius 3 is 2.30 bits per heavy atom. The number of nitrogens with zero attached hydrogens (tertiary/aromatic N) is 2. The van der Waals surface area contributed by atoms with Crippen molar-refractivity contribution in [2.75, 3.05) is 31.1 Å². The summed E-state index contributed by atoms with van der Waals surface area (Å²) in [5.41, 5.74) is 2.02. The van der Waals surface area contributed by atoms with E-state index in [2.05, 4.69) is 20.8 Å². The van der Waals surface area contributed by atoms with Crippen LogP contribution in [-0.4, -0.2) is 37.0 Å². The Kier molecular flexibility index (Phi) is 4.96. The van der Waals surface area contributed by atoms with Crippen LogP contribution < -0.4 is 4.90 Å². The van der Waals surface area contributed by atoms with Crippen molar-refractivity contribution < 1.29 is 9.18 Å². The van der Waals surface area contributed by atoms with Gasteiger partial charge in [-0.25, -0.2) is 4.39 Å². The molecular formula is C18H18BrFN2O. The number of rotatable bonds is 3. The van der Waals surface area contributed by atoms with Crippen molar-refractivity contribution in [2.45, 2.75) is 6.42 Å². The Bertz CT molecular complexity index is 682. The number of amides is 1. The predicted octanol–water partition coefficient (Wildman–Crippen LogP) is 3.48. The van der Waals surface area contributed by atoms with Gasteiger partial charge in [0.15, 0.2) is 0 Å². The van der Waals surface area contributed by atoms with Gasteiger partial charge in [0.2, 0.25) is 5.91 Å². The number of halogens is 2. The first kappa shape index (κ1) is 16.0. The molecule has 0 atom stereocenters. The zero-order chi connectivity index (χ0) is 16.2. The van der Waals surface area contributed by atoms with E-state index in [1.807, 2.05) is 29.2 Å². The minimum Gasteiger partial charge on any atom is -0.368 e. The number of carbonyl (C=O) groups is 1. The zero-order valence-corrected chi connectivity index (χ0v) is 14.3. The molecule has 1 aliphatic heterocycles. The quantitative estimate of drug-likeness (QED) is 0.818. The topological polar surface area (TPSA) is 23.6 Å². The van der Waals surface area contributed by atoms with Gasteiger partial charge in [-0.05, 0) is 35.9 Å². The molecule has 3 nitrogen and oxygen atoms in total. The van der Waals surface area contributed by atoms with Gasteiger partial charge in [0.1, 0.15) is 5.82 Å². The molecule has 0 saturated carbocycles. The second kappa shape index (κ2) is 7.13. The Morgan fingerprint density at radius 1 is 1.00 bits per heavy atom. The zero-order valence-electron chi connectivity index (χ0n) is 12.7. The molecule has 1 heterocycles. The highest BCUT2D eigenvalue weighted by molar-refractivity contribution is 9.10. The summed E-state index contributed by atoms with van der Waals surface area (Å²) in [6, 6.07) is 14.3. The van der Waals surface area contributed by atoms with E-state index in [1.165, 1.54) is 12.1 Å². The fraction of sp³-hybridized carbons (Fsp3) is 0.278. The minimum absolute atomic E-state index is 0.149. The van der Waals surface area contributed by atoms with Gasteiger partial charge in [-0.2, -0.15) is 0 Å². The maximum absolute atomic E-state index is 13.0. The lowest BCUT2D eigenvalue weighted by Gasteiger charge is -2.36. The number of piperazine rings is 1. The molecule has 0 aromatic heterocycles. The smallest absolute Gasteiger partial charge is 0.227 e. The molecule has 0 N–H and O–H groups in total. The highest BCUT2D eigenvalue weighted by Gasteiger charge is 2.21. The van der Waals surface area contributed by atoms with Gasteiger partial charge in [-0.3, -0.25) is 4.79 Å². The van der Waals surface area contributed by atoms with Crippen LogP contribution in [0.1, 0.15) is 5.56 Å². The molecule has 0 radical (unpaired) electrons. The number of carbonyl (C=O) groups excluding carboxylic acids is 1. The van der Waals surface area contributed by atoms with Crippen LogP contribution in [0, 0.1) is 5.82 Å². The average molecular weight is 377 g/mol. The van der Waals surface area contributed by atoms with E-state index in [9.17, 15) is 9.18 Å². The molecule has 0 unspecified atom stereocenters. The summed E-state index contributed by atoms with van der Waals surface area (Å²) in [6.07, 6.45) is 0.415. The monoisotopic (exact) mass is 376 g/mol. The molecule has 1 fully saturated rings. The van der Waals surface area contributed by atoms with Gasteiger partial charge in [0.25, 0.3) is 0 Å². The van der Waals surface area contributed by atoms with Gasteiger partial charge in [0.05, 0.1) is 6.42 Å². The van der Waals surface area contributed by atoms with Crippen molar-refractivity contribution in [3.05, 3.63) is 64.4 Å². The number of anilines is 1. The summed E-state index contributed by atoms with van der Waals surface area (Å²) >= 11 is 3.49. The van der Waals surface area contributed by atoms with E-state index in [0.29, 0.717) is 19.5 Å². The van der Waals surface area contributed by atoms with Gasteiger partial charge in [0, 0.05) is 36.3 Å². The summed E-state index contributed by atoms with van der Waals surface area (Å²) in [6.45, 7) is 2.93. The molecule has 1 amide bonds. The van der Waals surface area contributed by atoms with Crippen LogP contribution >= 0.6 is 15.9 Å². The van der Waals surface area contributed by atoms with Crippen LogP contribution in [0.25, 0.3) is 0 Å². The molecule has 0 aliphatic carbocycles. The molecule has 1 aliphatic rings. The normalized spacial score (nSPS) is 14.9. The molecule has 1 saturated heterocycles. The van der Waals surface area contributed by atoms with E-state index in [-0.39, 0.29) is 11.7 Å². The molecule has 2 aromatic carbocycles.